The topological polar surface area (TPSA) is 0 Å². The third-order valence-corrected chi connectivity index (χ3v) is 5.79. The maximum atomic E-state index is 3.59. The lowest BCUT2D eigenvalue weighted by Gasteiger charge is -2.07. The molecule has 0 atom stereocenters. The van der Waals surface area contributed by atoms with E-state index < -0.39 is 0 Å². The largest absolute Gasteiger partial charge is 0.0539 e. The van der Waals surface area contributed by atoms with Crippen LogP contribution in [0.5, 0.6) is 0 Å². The monoisotopic (exact) mass is 410 g/mol. The Balaban J connectivity index is 1.73. The second-order valence-electron chi connectivity index (χ2n) is 6.12. The quantitative estimate of drug-likeness (QED) is 0.278. The Bertz CT molecular complexity index is 879. The van der Waals surface area contributed by atoms with Gasteiger partial charge in [-0.3, -0.25) is 0 Å². The molecule has 0 bridgehead atoms. The van der Waals surface area contributed by atoms with Crippen molar-refractivity contribution in [2.24, 2.45) is 0 Å². The molecule has 0 unspecified atom stereocenters. The number of halogens is 2. The zero-order valence-electron chi connectivity index (χ0n) is 11.8. The van der Waals surface area contributed by atoms with Gasteiger partial charge in [0.15, 0.2) is 0 Å². The summed E-state index contributed by atoms with van der Waals surface area (Å²) in [5.74, 6) is 0. The van der Waals surface area contributed by atoms with Gasteiger partial charge in [0.2, 0.25) is 0 Å². The van der Waals surface area contributed by atoms with Crippen LogP contribution >= 0.6 is 31.9 Å². The van der Waals surface area contributed by atoms with Crippen molar-refractivity contribution in [1.29, 1.82) is 0 Å². The highest BCUT2D eigenvalue weighted by molar-refractivity contribution is 9.10. The van der Waals surface area contributed by atoms with Crippen molar-refractivity contribution in [3.63, 3.8) is 0 Å². The van der Waals surface area contributed by atoms with Crippen LogP contribution in [0.25, 0.3) is 22.3 Å². The second kappa shape index (κ2) is 4.56. The Hall–Kier alpha value is -1.38. The van der Waals surface area contributed by atoms with Crippen LogP contribution in [0.15, 0.2) is 57.5 Å². The van der Waals surface area contributed by atoms with Gasteiger partial charge in [-0.25, -0.2) is 0 Å². The molecule has 0 aromatic heterocycles. The average molecular weight is 412 g/mol. The van der Waals surface area contributed by atoms with Crippen molar-refractivity contribution < 1.29 is 0 Å². The summed E-state index contributed by atoms with van der Waals surface area (Å²) in [6, 6.07) is 18.1. The smallest absolute Gasteiger partial charge is 0.0178 e. The van der Waals surface area contributed by atoms with Crippen LogP contribution in [0.2, 0.25) is 0 Å². The van der Waals surface area contributed by atoms with Crippen LogP contribution < -0.4 is 0 Å². The molecule has 3 aromatic rings. The summed E-state index contributed by atoms with van der Waals surface area (Å²) >= 11 is 7.17. The molecule has 0 spiro atoms. The molecule has 0 saturated carbocycles. The summed E-state index contributed by atoms with van der Waals surface area (Å²) in [4.78, 5) is 0. The summed E-state index contributed by atoms with van der Waals surface area (Å²) in [7, 11) is 0. The Morgan fingerprint density at radius 3 is 1.45 bits per heavy atom. The molecule has 2 heteroatoms. The van der Waals surface area contributed by atoms with Gasteiger partial charge in [0.25, 0.3) is 0 Å². The molecule has 0 heterocycles. The minimum atomic E-state index is 1.05. The lowest BCUT2D eigenvalue weighted by atomic mass is 9.98. The van der Waals surface area contributed by atoms with Gasteiger partial charge in [-0.2, -0.15) is 0 Å². The minimum absolute atomic E-state index is 1.05. The van der Waals surface area contributed by atoms with Crippen LogP contribution in [-0.2, 0) is 12.8 Å². The molecule has 0 radical (unpaired) electrons. The van der Waals surface area contributed by atoms with Gasteiger partial charge in [0.05, 0.1) is 0 Å². The van der Waals surface area contributed by atoms with Gasteiger partial charge >= 0.3 is 0 Å². The lowest BCUT2D eigenvalue weighted by Crippen LogP contribution is -1.86. The van der Waals surface area contributed by atoms with E-state index in [2.05, 4.69) is 80.4 Å². The van der Waals surface area contributed by atoms with E-state index in [1.807, 2.05) is 0 Å². The molecule has 0 nitrogen and oxygen atoms in total. The number of benzene rings is 3. The van der Waals surface area contributed by atoms with E-state index in [9.17, 15) is 0 Å². The van der Waals surface area contributed by atoms with Crippen molar-refractivity contribution in [3.8, 4) is 22.3 Å². The maximum absolute atomic E-state index is 3.59. The summed E-state index contributed by atoms with van der Waals surface area (Å²) in [6.07, 6.45) is 2.11. The van der Waals surface area contributed by atoms with Gasteiger partial charge in [-0.1, -0.05) is 50.1 Å². The standard InChI is InChI=1S/C20H12Br2/c21-15-1-3-17-13(8-15)6-11-5-12-7-14-9-16(22)2-4-18(14)20(12)10-19(11)17/h1-5,8-10H,6-7H2. The highest BCUT2D eigenvalue weighted by atomic mass is 79.9. The highest BCUT2D eigenvalue weighted by Gasteiger charge is 2.25. The van der Waals surface area contributed by atoms with E-state index in [-0.39, 0.29) is 0 Å². The SMILES string of the molecule is Brc1ccc2c(c1)Cc1cc3c(cc1-2)-c1ccc(Br)cc1C3. The number of fused-ring (bicyclic) bond motifs is 6. The van der Waals surface area contributed by atoms with Crippen LogP contribution in [0, 0.1) is 0 Å². The summed E-state index contributed by atoms with van der Waals surface area (Å²) in [5, 5.41) is 0. The van der Waals surface area contributed by atoms with Gasteiger partial charge in [-0.15, -0.1) is 0 Å². The first-order valence-electron chi connectivity index (χ1n) is 7.42. The predicted octanol–water partition coefficient (Wildman–Crippen LogP) is 6.35. The Morgan fingerprint density at radius 1 is 0.500 bits per heavy atom. The van der Waals surface area contributed by atoms with Gasteiger partial charge < -0.3 is 0 Å². The molecule has 0 aliphatic heterocycles. The fourth-order valence-electron chi connectivity index (χ4n) is 3.84. The third kappa shape index (κ3) is 1.80. The molecular formula is C20H12Br2. The first-order valence-corrected chi connectivity index (χ1v) is 9.01. The summed E-state index contributed by atoms with van der Waals surface area (Å²) < 4.78 is 2.34. The fraction of sp³-hybridized carbons (Fsp3) is 0.100. The zero-order chi connectivity index (χ0) is 14.8. The highest BCUT2D eigenvalue weighted by Crippen LogP contribution is 2.45. The van der Waals surface area contributed by atoms with Crippen molar-refractivity contribution in [2.75, 3.05) is 0 Å². The third-order valence-electron chi connectivity index (χ3n) is 4.81. The van der Waals surface area contributed by atoms with Crippen molar-refractivity contribution in [3.05, 3.63) is 79.7 Å². The Labute approximate surface area is 146 Å². The molecule has 106 valence electrons. The van der Waals surface area contributed by atoms with Gasteiger partial charge in [0, 0.05) is 8.95 Å². The average Bonchev–Trinajstić information content (AvgIpc) is 3.00. The van der Waals surface area contributed by atoms with E-state index in [0.717, 1.165) is 12.8 Å². The Morgan fingerprint density at radius 2 is 0.955 bits per heavy atom. The molecule has 22 heavy (non-hydrogen) atoms. The summed E-state index contributed by atoms with van der Waals surface area (Å²) in [5.41, 5.74) is 11.4. The normalized spacial score (nSPS) is 13.5. The van der Waals surface area contributed by atoms with Crippen molar-refractivity contribution >= 4 is 31.9 Å². The van der Waals surface area contributed by atoms with E-state index in [4.69, 9.17) is 0 Å². The van der Waals surface area contributed by atoms with E-state index in [0.29, 0.717) is 0 Å². The first-order chi connectivity index (χ1) is 10.7. The Kier molecular flexibility index (Phi) is 2.71. The van der Waals surface area contributed by atoms with Crippen LogP contribution in [0.1, 0.15) is 22.3 Å². The molecule has 2 aliphatic carbocycles. The van der Waals surface area contributed by atoms with Crippen molar-refractivity contribution in [2.45, 2.75) is 12.8 Å². The molecule has 5 rings (SSSR count). The van der Waals surface area contributed by atoms with Gasteiger partial charge in [-0.05, 0) is 87.7 Å². The zero-order valence-corrected chi connectivity index (χ0v) is 15.0. The lowest BCUT2D eigenvalue weighted by molar-refractivity contribution is 1.21. The molecule has 3 aromatic carbocycles. The second-order valence-corrected chi connectivity index (χ2v) is 7.95. The van der Waals surface area contributed by atoms with E-state index >= 15 is 0 Å². The molecule has 0 fully saturated rings. The number of hydrogen-bond acceptors (Lipinski definition) is 0. The van der Waals surface area contributed by atoms with Crippen LogP contribution in [0.3, 0.4) is 0 Å². The number of hydrogen-bond donors (Lipinski definition) is 0. The molecule has 0 saturated heterocycles. The minimum Gasteiger partial charge on any atom is -0.0539 e. The molecule has 0 amide bonds. The fourth-order valence-corrected chi connectivity index (χ4v) is 4.66. The number of rotatable bonds is 0. The van der Waals surface area contributed by atoms with Crippen molar-refractivity contribution in [1.82, 2.24) is 0 Å². The maximum Gasteiger partial charge on any atom is 0.0178 e. The van der Waals surface area contributed by atoms with E-state index in [1.54, 1.807) is 0 Å². The van der Waals surface area contributed by atoms with Crippen LogP contribution in [0.4, 0.5) is 0 Å². The predicted molar refractivity (Wildman–Crippen MR) is 98.3 cm³/mol. The first kappa shape index (κ1) is 13.1. The van der Waals surface area contributed by atoms with Crippen LogP contribution in [-0.4, -0.2) is 0 Å². The summed E-state index contributed by atoms with van der Waals surface area (Å²) in [6.45, 7) is 0. The van der Waals surface area contributed by atoms with E-state index in [1.165, 1.54) is 53.5 Å². The molecule has 0 N–H and O–H groups in total. The van der Waals surface area contributed by atoms with Gasteiger partial charge in [0.1, 0.15) is 0 Å². The molecule has 2 aliphatic rings. The molecular weight excluding hydrogens is 400 g/mol.